The summed E-state index contributed by atoms with van der Waals surface area (Å²) in [6.07, 6.45) is 2.43. The van der Waals surface area contributed by atoms with Gasteiger partial charge in [0, 0.05) is 11.6 Å². The number of methoxy groups -OCH3 is 1. The minimum atomic E-state index is 0.119. The molecule has 4 heteroatoms. The van der Waals surface area contributed by atoms with Crippen LogP contribution in [-0.2, 0) is 0 Å². The van der Waals surface area contributed by atoms with E-state index in [1.807, 2.05) is 0 Å². The molecule has 0 heterocycles. The molecule has 0 bridgehead atoms. The fraction of sp³-hybridized carbons (Fsp3) is 0.500. The Morgan fingerprint density at radius 1 is 1.50 bits per heavy atom. The smallest absolute Gasteiger partial charge is 0.176 e. The summed E-state index contributed by atoms with van der Waals surface area (Å²) in [5.41, 5.74) is 0.653. The van der Waals surface area contributed by atoms with E-state index < -0.39 is 0 Å². The number of benzene rings is 1. The lowest BCUT2D eigenvalue weighted by atomic mass is 10.1. The van der Waals surface area contributed by atoms with Gasteiger partial charge in [-0.2, -0.15) is 0 Å². The van der Waals surface area contributed by atoms with E-state index in [-0.39, 0.29) is 5.78 Å². The van der Waals surface area contributed by atoms with E-state index in [2.05, 4.69) is 11.8 Å². The summed E-state index contributed by atoms with van der Waals surface area (Å²) < 4.78 is 5.08. The molecule has 0 unspecified atom stereocenters. The Labute approximate surface area is 113 Å². The van der Waals surface area contributed by atoms with Gasteiger partial charge >= 0.3 is 0 Å². The number of carbonyl (C=O) groups excluding carboxylic acids is 1. The van der Waals surface area contributed by atoms with Gasteiger partial charge in [0.25, 0.3) is 0 Å². The van der Waals surface area contributed by atoms with Gasteiger partial charge in [0.05, 0.1) is 18.7 Å². The average Bonchev–Trinajstić information content (AvgIpc) is 3.19. The summed E-state index contributed by atoms with van der Waals surface area (Å²) in [6, 6.07) is 5.80. The number of carbonyl (C=O) groups is 1. The number of Topliss-reactive ketones (excluding diaryl/α,β-unsaturated/α-hetero) is 1. The lowest BCUT2D eigenvalue weighted by molar-refractivity contribution is 0.0928. The summed E-state index contributed by atoms with van der Waals surface area (Å²) in [6.45, 7) is 3.48. The van der Waals surface area contributed by atoms with E-state index in [9.17, 15) is 4.79 Å². The molecule has 0 aromatic heterocycles. The second-order valence-corrected chi connectivity index (χ2v) is 4.97. The minimum Gasteiger partial charge on any atom is -0.495 e. The number of rotatable bonds is 6. The van der Waals surface area contributed by atoms with Crippen molar-refractivity contribution < 1.29 is 9.53 Å². The first-order valence-corrected chi connectivity index (χ1v) is 6.64. The minimum absolute atomic E-state index is 0.119. The Hall–Kier alpha value is -1.06. The summed E-state index contributed by atoms with van der Waals surface area (Å²) in [5.74, 6) is 0.719. The number of hydrogen-bond donors (Lipinski definition) is 0. The molecule has 0 saturated heterocycles. The molecule has 0 N–H and O–H groups in total. The third kappa shape index (κ3) is 3.03. The van der Waals surface area contributed by atoms with Crippen LogP contribution in [0, 0.1) is 0 Å². The number of likely N-dealkylation sites (N-methyl/N-ethyl adjacent to an activating group) is 1. The maximum absolute atomic E-state index is 12.2. The standard InChI is InChI=1S/C14H18ClNO2/c1-3-16(11-5-6-11)9-13(17)10-4-7-14(18-2)12(15)8-10/h4,7-8,11H,3,5-6,9H2,1-2H3. The van der Waals surface area contributed by atoms with Gasteiger partial charge in [0.2, 0.25) is 0 Å². The SMILES string of the molecule is CCN(CC(=O)c1ccc(OC)c(Cl)c1)C1CC1. The molecular weight excluding hydrogens is 250 g/mol. The third-order valence-electron chi connectivity index (χ3n) is 3.29. The Balaban J connectivity index is 2.06. The van der Waals surface area contributed by atoms with Crippen LogP contribution in [0.1, 0.15) is 30.1 Å². The van der Waals surface area contributed by atoms with Crippen LogP contribution in [0.15, 0.2) is 18.2 Å². The lowest BCUT2D eigenvalue weighted by Gasteiger charge is -2.18. The van der Waals surface area contributed by atoms with Crippen molar-refractivity contribution in [3.8, 4) is 5.75 Å². The number of ether oxygens (including phenoxy) is 1. The largest absolute Gasteiger partial charge is 0.495 e. The molecule has 1 aromatic rings. The molecule has 0 amide bonds. The van der Waals surface area contributed by atoms with Gasteiger partial charge < -0.3 is 4.74 Å². The quantitative estimate of drug-likeness (QED) is 0.742. The van der Waals surface area contributed by atoms with Crippen molar-refractivity contribution in [2.45, 2.75) is 25.8 Å². The van der Waals surface area contributed by atoms with Crippen LogP contribution >= 0.6 is 11.6 Å². The molecule has 1 aromatic carbocycles. The Bertz CT molecular complexity index is 443. The van der Waals surface area contributed by atoms with Gasteiger partial charge in [-0.05, 0) is 37.6 Å². The van der Waals surface area contributed by atoms with Gasteiger partial charge in [-0.3, -0.25) is 9.69 Å². The highest BCUT2D eigenvalue weighted by atomic mass is 35.5. The molecule has 0 aliphatic heterocycles. The summed E-state index contributed by atoms with van der Waals surface area (Å²) in [5, 5.41) is 0.484. The average molecular weight is 268 g/mol. The van der Waals surface area contributed by atoms with Crippen LogP contribution in [0.4, 0.5) is 0 Å². The summed E-state index contributed by atoms with van der Waals surface area (Å²) in [4.78, 5) is 14.4. The highest BCUT2D eigenvalue weighted by molar-refractivity contribution is 6.32. The van der Waals surface area contributed by atoms with Crippen molar-refractivity contribution in [3.05, 3.63) is 28.8 Å². The van der Waals surface area contributed by atoms with Crippen molar-refractivity contribution in [3.63, 3.8) is 0 Å². The predicted octanol–water partition coefficient (Wildman–Crippen LogP) is 3.02. The van der Waals surface area contributed by atoms with E-state index in [4.69, 9.17) is 16.3 Å². The molecule has 1 aliphatic carbocycles. The molecular formula is C14H18ClNO2. The second kappa shape index (κ2) is 5.72. The Kier molecular flexibility index (Phi) is 4.25. The topological polar surface area (TPSA) is 29.5 Å². The maximum atomic E-state index is 12.2. The van der Waals surface area contributed by atoms with E-state index >= 15 is 0 Å². The molecule has 1 fully saturated rings. The lowest BCUT2D eigenvalue weighted by Crippen LogP contribution is -2.31. The van der Waals surface area contributed by atoms with Crippen molar-refractivity contribution in [2.24, 2.45) is 0 Å². The van der Waals surface area contributed by atoms with Crippen LogP contribution in [0.25, 0.3) is 0 Å². The van der Waals surface area contributed by atoms with Crippen LogP contribution in [0.3, 0.4) is 0 Å². The zero-order chi connectivity index (χ0) is 13.1. The zero-order valence-corrected chi connectivity index (χ0v) is 11.5. The highest BCUT2D eigenvalue weighted by Crippen LogP contribution is 2.28. The van der Waals surface area contributed by atoms with Crippen molar-refractivity contribution >= 4 is 17.4 Å². The van der Waals surface area contributed by atoms with Crippen molar-refractivity contribution in [1.29, 1.82) is 0 Å². The fourth-order valence-electron chi connectivity index (χ4n) is 2.05. The van der Waals surface area contributed by atoms with E-state index in [1.54, 1.807) is 25.3 Å². The van der Waals surface area contributed by atoms with Gasteiger partial charge in [0.1, 0.15) is 5.75 Å². The maximum Gasteiger partial charge on any atom is 0.176 e. The second-order valence-electron chi connectivity index (χ2n) is 4.57. The Morgan fingerprint density at radius 2 is 2.22 bits per heavy atom. The first-order valence-electron chi connectivity index (χ1n) is 6.26. The fourth-order valence-corrected chi connectivity index (χ4v) is 2.31. The number of halogens is 1. The van der Waals surface area contributed by atoms with Crippen LogP contribution in [0.2, 0.25) is 5.02 Å². The Morgan fingerprint density at radius 3 is 2.72 bits per heavy atom. The van der Waals surface area contributed by atoms with Gasteiger partial charge in [0.15, 0.2) is 5.78 Å². The molecule has 1 saturated carbocycles. The molecule has 1 aliphatic rings. The normalized spacial score (nSPS) is 14.9. The third-order valence-corrected chi connectivity index (χ3v) is 3.59. The van der Waals surface area contributed by atoms with Crippen LogP contribution in [0.5, 0.6) is 5.75 Å². The highest BCUT2D eigenvalue weighted by Gasteiger charge is 2.29. The molecule has 98 valence electrons. The molecule has 0 radical (unpaired) electrons. The van der Waals surface area contributed by atoms with E-state index in [1.165, 1.54) is 12.8 Å². The first-order chi connectivity index (χ1) is 8.65. The predicted molar refractivity (Wildman–Crippen MR) is 72.6 cm³/mol. The molecule has 0 spiro atoms. The number of ketones is 1. The first kappa shape index (κ1) is 13.4. The molecule has 3 nitrogen and oxygen atoms in total. The summed E-state index contributed by atoms with van der Waals surface area (Å²) in [7, 11) is 1.56. The van der Waals surface area contributed by atoms with Crippen molar-refractivity contribution in [2.75, 3.05) is 20.2 Å². The summed E-state index contributed by atoms with van der Waals surface area (Å²) >= 11 is 6.03. The molecule has 2 rings (SSSR count). The van der Waals surface area contributed by atoms with Gasteiger partial charge in [-0.1, -0.05) is 18.5 Å². The number of nitrogens with zero attached hydrogens (tertiary/aromatic N) is 1. The van der Waals surface area contributed by atoms with Crippen molar-refractivity contribution in [1.82, 2.24) is 4.90 Å². The zero-order valence-electron chi connectivity index (χ0n) is 10.8. The molecule has 18 heavy (non-hydrogen) atoms. The number of hydrogen-bond acceptors (Lipinski definition) is 3. The van der Waals surface area contributed by atoms with Crippen LogP contribution in [-0.4, -0.2) is 36.9 Å². The van der Waals surface area contributed by atoms with E-state index in [0.29, 0.717) is 28.9 Å². The van der Waals surface area contributed by atoms with Gasteiger partial charge in [-0.25, -0.2) is 0 Å². The monoisotopic (exact) mass is 267 g/mol. The van der Waals surface area contributed by atoms with E-state index in [0.717, 1.165) is 6.54 Å². The van der Waals surface area contributed by atoms with Crippen LogP contribution < -0.4 is 4.74 Å². The molecule has 0 atom stereocenters. The van der Waals surface area contributed by atoms with Gasteiger partial charge in [-0.15, -0.1) is 0 Å².